The predicted molar refractivity (Wildman–Crippen MR) is 41.4 cm³/mol. The molecule has 0 unspecified atom stereocenters. The third-order valence-electron chi connectivity index (χ3n) is 1.69. The molecule has 10 heavy (non-hydrogen) atoms. The highest BCUT2D eigenvalue weighted by atomic mass is 35.5. The summed E-state index contributed by atoms with van der Waals surface area (Å²) in [6, 6.07) is 2.05. The second kappa shape index (κ2) is 3.08. The van der Waals surface area contributed by atoms with Gasteiger partial charge >= 0.3 is 0 Å². The summed E-state index contributed by atoms with van der Waals surface area (Å²) in [6.45, 7) is 1.99. The summed E-state index contributed by atoms with van der Waals surface area (Å²) < 4.78 is 5.19. The van der Waals surface area contributed by atoms with Gasteiger partial charge < -0.3 is 9.73 Å². The van der Waals surface area contributed by atoms with E-state index in [0.29, 0.717) is 0 Å². The van der Waals surface area contributed by atoms with Gasteiger partial charge in [0.2, 0.25) is 0 Å². The lowest BCUT2D eigenvalue weighted by Gasteiger charge is -2.09. The van der Waals surface area contributed by atoms with Crippen molar-refractivity contribution in [1.29, 1.82) is 0 Å². The van der Waals surface area contributed by atoms with Crippen molar-refractivity contribution in [1.82, 2.24) is 5.32 Å². The van der Waals surface area contributed by atoms with Gasteiger partial charge in [0.25, 0.3) is 0 Å². The average Bonchev–Trinajstić information content (AvgIpc) is 2.33. The molecule has 0 atom stereocenters. The minimum Gasteiger partial charge on any atom is -0.468 e. The van der Waals surface area contributed by atoms with E-state index in [4.69, 9.17) is 4.42 Å². The van der Waals surface area contributed by atoms with Gasteiger partial charge in [0.1, 0.15) is 5.76 Å². The molecule has 0 aromatic carbocycles. The Labute approximate surface area is 66.0 Å². The molecule has 0 fully saturated rings. The lowest BCUT2D eigenvalue weighted by molar-refractivity contribution is 0.463. The van der Waals surface area contributed by atoms with Gasteiger partial charge in [-0.2, -0.15) is 0 Å². The van der Waals surface area contributed by atoms with Crippen LogP contribution in [-0.4, -0.2) is 6.54 Å². The molecule has 3 heteroatoms. The third-order valence-corrected chi connectivity index (χ3v) is 1.69. The van der Waals surface area contributed by atoms with Crippen molar-refractivity contribution < 1.29 is 4.42 Å². The molecule has 2 heterocycles. The van der Waals surface area contributed by atoms with E-state index in [9.17, 15) is 0 Å². The average molecular weight is 160 g/mol. The lowest BCUT2D eigenvalue weighted by Crippen LogP contribution is -2.22. The van der Waals surface area contributed by atoms with Crippen molar-refractivity contribution in [2.75, 3.05) is 6.54 Å². The van der Waals surface area contributed by atoms with Crippen LogP contribution in [0.2, 0.25) is 0 Å². The van der Waals surface area contributed by atoms with E-state index in [-0.39, 0.29) is 12.4 Å². The van der Waals surface area contributed by atoms with Crippen molar-refractivity contribution in [3.05, 3.63) is 23.7 Å². The molecule has 0 saturated carbocycles. The van der Waals surface area contributed by atoms with Crippen molar-refractivity contribution in [2.24, 2.45) is 0 Å². The highest BCUT2D eigenvalue weighted by molar-refractivity contribution is 5.85. The van der Waals surface area contributed by atoms with Gasteiger partial charge in [0, 0.05) is 0 Å². The molecule has 0 spiro atoms. The molecule has 56 valence electrons. The third kappa shape index (κ3) is 1.18. The Hall–Kier alpha value is -0.470. The Balaban J connectivity index is 0.000000500. The first-order chi connectivity index (χ1) is 4.47. The quantitative estimate of drug-likeness (QED) is 0.618. The number of hydrogen-bond donors (Lipinski definition) is 1. The SMILES string of the molecule is Cl.c1cc2c(o1)CNCC2. The molecule has 1 aromatic rings. The van der Waals surface area contributed by atoms with Gasteiger partial charge in [-0.25, -0.2) is 0 Å². The van der Waals surface area contributed by atoms with Crippen LogP contribution in [0.1, 0.15) is 11.3 Å². The molecule has 0 bridgehead atoms. The number of rotatable bonds is 0. The van der Waals surface area contributed by atoms with Crippen LogP contribution in [0, 0.1) is 0 Å². The normalized spacial score (nSPS) is 15.6. The summed E-state index contributed by atoms with van der Waals surface area (Å²) in [7, 11) is 0. The molecule has 1 N–H and O–H groups in total. The first-order valence-electron chi connectivity index (χ1n) is 3.23. The van der Waals surface area contributed by atoms with Crippen molar-refractivity contribution in [3.8, 4) is 0 Å². The summed E-state index contributed by atoms with van der Waals surface area (Å²) >= 11 is 0. The summed E-state index contributed by atoms with van der Waals surface area (Å²) in [5.74, 6) is 1.11. The molecular formula is C7H10ClNO. The van der Waals surface area contributed by atoms with E-state index in [1.165, 1.54) is 5.56 Å². The van der Waals surface area contributed by atoms with E-state index in [0.717, 1.165) is 25.3 Å². The van der Waals surface area contributed by atoms with E-state index >= 15 is 0 Å². The molecule has 2 rings (SSSR count). The molecule has 1 aliphatic rings. The largest absolute Gasteiger partial charge is 0.468 e. The zero-order chi connectivity index (χ0) is 6.10. The second-order valence-electron chi connectivity index (χ2n) is 2.30. The lowest BCUT2D eigenvalue weighted by atomic mass is 10.1. The van der Waals surface area contributed by atoms with Crippen LogP contribution in [-0.2, 0) is 13.0 Å². The topological polar surface area (TPSA) is 25.2 Å². The summed E-state index contributed by atoms with van der Waals surface area (Å²) in [5, 5.41) is 3.23. The van der Waals surface area contributed by atoms with Gasteiger partial charge in [0.05, 0.1) is 12.8 Å². The summed E-state index contributed by atoms with van der Waals surface area (Å²) in [5.41, 5.74) is 1.37. The Morgan fingerprint density at radius 2 is 2.40 bits per heavy atom. The molecule has 0 amide bonds. The standard InChI is InChI=1S/C7H9NO.ClH/c1-3-8-5-7-6(1)2-4-9-7;/h2,4,8H,1,3,5H2;1H. The van der Waals surface area contributed by atoms with Crippen molar-refractivity contribution in [2.45, 2.75) is 13.0 Å². The number of nitrogens with one attached hydrogen (secondary N) is 1. The number of furan rings is 1. The zero-order valence-corrected chi connectivity index (χ0v) is 6.41. The Bertz CT molecular complexity index is 189. The first-order valence-corrected chi connectivity index (χ1v) is 3.23. The van der Waals surface area contributed by atoms with Crippen LogP contribution in [0.5, 0.6) is 0 Å². The number of hydrogen-bond acceptors (Lipinski definition) is 2. The zero-order valence-electron chi connectivity index (χ0n) is 5.59. The van der Waals surface area contributed by atoms with Gasteiger partial charge in [-0.1, -0.05) is 0 Å². The van der Waals surface area contributed by atoms with E-state index in [1.807, 2.05) is 0 Å². The first kappa shape index (κ1) is 7.63. The maximum absolute atomic E-state index is 5.19. The van der Waals surface area contributed by atoms with Crippen molar-refractivity contribution >= 4 is 12.4 Å². The fourth-order valence-corrected chi connectivity index (χ4v) is 1.17. The van der Waals surface area contributed by atoms with Crippen LogP contribution in [0.25, 0.3) is 0 Å². The fourth-order valence-electron chi connectivity index (χ4n) is 1.17. The minimum absolute atomic E-state index is 0. The number of halogens is 1. The predicted octanol–water partition coefficient (Wildman–Crippen LogP) is 1.35. The molecule has 1 aliphatic heterocycles. The Morgan fingerprint density at radius 3 is 3.20 bits per heavy atom. The van der Waals surface area contributed by atoms with Gasteiger partial charge in [0.15, 0.2) is 0 Å². The molecule has 1 aromatic heterocycles. The minimum atomic E-state index is 0. The molecule has 0 saturated heterocycles. The van der Waals surface area contributed by atoms with Crippen LogP contribution in [0.4, 0.5) is 0 Å². The second-order valence-corrected chi connectivity index (χ2v) is 2.30. The van der Waals surface area contributed by atoms with Gasteiger partial charge in [-0.3, -0.25) is 0 Å². The molecule has 0 radical (unpaired) electrons. The van der Waals surface area contributed by atoms with E-state index < -0.39 is 0 Å². The van der Waals surface area contributed by atoms with Crippen LogP contribution in [0.3, 0.4) is 0 Å². The monoisotopic (exact) mass is 159 g/mol. The molecular weight excluding hydrogens is 150 g/mol. The van der Waals surface area contributed by atoms with Crippen molar-refractivity contribution in [3.63, 3.8) is 0 Å². The maximum Gasteiger partial charge on any atom is 0.120 e. The summed E-state index contributed by atoms with van der Waals surface area (Å²) in [6.07, 6.45) is 2.88. The van der Waals surface area contributed by atoms with Crippen LogP contribution >= 0.6 is 12.4 Å². The molecule has 0 aliphatic carbocycles. The number of fused-ring (bicyclic) bond motifs is 1. The van der Waals surface area contributed by atoms with Gasteiger partial charge in [-0.05, 0) is 24.6 Å². The van der Waals surface area contributed by atoms with Crippen LogP contribution in [0.15, 0.2) is 16.7 Å². The smallest absolute Gasteiger partial charge is 0.120 e. The fraction of sp³-hybridized carbons (Fsp3) is 0.429. The van der Waals surface area contributed by atoms with E-state index in [2.05, 4.69) is 11.4 Å². The summed E-state index contributed by atoms with van der Waals surface area (Å²) in [4.78, 5) is 0. The highest BCUT2D eigenvalue weighted by Crippen LogP contribution is 2.13. The molecule has 2 nitrogen and oxygen atoms in total. The van der Waals surface area contributed by atoms with Crippen LogP contribution < -0.4 is 5.32 Å². The Morgan fingerprint density at radius 1 is 1.50 bits per heavy atom. The maximum atomic E-state index is 5.19. The highest BCUT2D eigenvalue weighted by Gasteiger charge is 2.09. The van der Waals surface area contributed by atoms with Gasteiger partial charge in [-0.15, -0.1) is 12.4 Å². The van der Waals surface area contributed by atoms with E-state index in [1.54, 1.807) is 6.26 Å². The Kier molecular flexibility index (Phi) is 2.35.